The summed E-state index contributed by atoms with van der Waals surface area (Å²) in [5, 5.41) is 3.95. The molecule has 0 bridgehead atoms. The Hall–Kier alpha value is -3.48. The van der Waals surface area contributed by atoms with Crippen molar-refractivity contribution in [2.24, 2.45) is 5.92 Å². The van der Waals surface area contributed by atoms with Crippen LogP contribution >= 0.6 is 0 Å². The molecule has 3 heterocycles. The molecule has 1 aromatic heterocycles. The molecule has 0 radical (unpaired) electrons. The molecule has 1 saturated heterocycles. The van der Waals surface area contributed by atoms with Crippen molar-refractivity contribution in [2.45, 2.75) is 26.2 Å². The van der Waals surface area contributed by atoms with E-state index < -0.39 is 0 Å². The zero-order valence-electron chi connectivity index (χ0n) is 16.7. The highest BCUT2D eigenvalue weighted by molar-refractivity contribution is 6.05. The topological polar surface area (TPSA) is 79.5 Å². The number of carbonyl (C=O) groups is 2. The highest BCUT2D eigenvalue weighted by Gasteiger charge is 2.38. The van der Waals surface area contributed by atoms with Crippen LogP contribution < -0.4 is 9.80 Å². The van der Waals surface area contributed by atoms with E-state index in [2.05, 4.69) is 16.2 Å². The third-order valence-corrected chi connectivity index (χ3v) is 5.79. The highest BCUT2D eigenvalue weighted by atomic mass is 16.5. The molecular formula is C23H22N4O3. The largest absolute Gasteiger partial charge is 0.339 e. The number of anilines is 2. The molecule has 5 rings (SSSR count). The molecule has 2 aromatic carbocycles. The standard InChI is InChI=1S/C23H22N4O3/c1-15-24-22(25-30-15)17-7-4-9-19(12-17)27-14-18(13-21(27)28)23(29)26-11-5-8-16-6-2-3-10-20(16)26/h2-4,6-7,9-10,12,18H,5,8,11,13-14H2,1H3/t18-/m0/s1. The average molecular weight is 402 g/mol. The Morgan fingerprint density at radius 1 is 1.17 bits per heavy atom. The van der Waals surface area contributed by atoms with Crippen LogP contribution in [0.3, 0.4) is 0 Å². The zero-order valence-corrected chi connectivity index (χ0v) is 16.7. The number of para-hydroxylation sites is 1. The van der Waals surface area contributed by atoms with E-state index in [4.69, 9.17) is 4.52 Å². The Morgan fingerprint density at radius 2 is 2.03 bits per heavy atom. The minimum absolute atomic E-state index is 0.0305. The zero-order chi connectivity index (χ0) is 20.7. The van der Waals surface area contributed by atoms with Gasteiger partial charge in [0.15, 0.2) is 0 Å². The predicted octanol–water partition coefficient (Wildman–Crippen LogP) is 3.38. The molecule has 0 saturated carbocycles. The first-order valence-corrected chi connectivity index (χ1v) is 10.2. The quantitative estimate of drug-likeness (QED) is 0.671. The molecule has 30 heavy (non-hydrogen) atoms. The summed E-state index contributed by atoms with van der Waals surface area (Å²) in [6, 6.07) is 15.5. The van der Waals surface area contributed by atoms with E-state index in [0.717, 1.165) is 29.8 Å². The van der Waals surface area contributed by atoms with Crippen molar-refractivity contribution in [1.29, 1.82) is 0 Å². The SMILES string of the molecule is Cc1nc(-c2cccc(N3C[C@@H](C(=O)N4CCCc5ccccc54)CC3=O)c2)no1. The predicted molar refractivity (Wildman–Crippen MR) is 112 cm³/mol. The molecule has 0 N–H and O–H groups in total. The summed E-state index contributed by atoms with van der Waals surface area (Å²) < 4.78 is 5.06. The van der Waals surface area contributed by atoms with Gasteiger partial charge in [-0.3, -0.25) is 9.59 Å². The van der Waals surface area contributed by atoms with Gasteiger partial charge in [0.2, 0.25) is 23.5 Å². The number of rotatable bonds is 3. The van der Waals surface area contributed by atoms with Gasteiger partial charge in [-0.05, 0) is 36.6 Å². The van der Waals surface area contributed by atoms with Crippen LogP contribution in [0.5, 0.6) is 0 Å². The second-order valence-corrected chi connectivity index (χ2v) is 7.81. The first kappa shape index (κ1) is 18.5. The summed E-state index contributed by atoms with van der Waals surface area (Å²) in [4.78, 5) is 33.9. The molecule has 0 aliphatic carbocycles. The van der Waals surface area contributed by atoms with E-state index >= 15 is 0 Å². The molecule has 7 nitrogen and oxygen atoms in total. The molecule has 0 unspecified atom stereocenters. The number of amides is 2. The second-order valence-electron chi connectivity index (χ2n) is 7.81. The fourth-order valence-electron chi connectivity index (χ4n) is 4.33. The van der Waals surface area contributed by atoms with Gasteiger partial charge in [-0.25, -0.2) is 0 Å². The highest BCUT2D eigenvalue weighted by Crippen LogP contribution is 2.33. The van der Waals surface area contributed by atoms with Crippen molar-refractivity contribution in [1.82, 2.24) is 10.1 Å². The maximum Gasteiger partial charge on any atom is 0.232 e. The van der Waals surface area contributed by atoms with E-state index in [1.165, 1.54) is 5.56 Å². The third-order valence-electron chi connectivity index (χ3n) is 5.79. The van der Waals surface area contributed by atoms with Gasteiger partial charge in [0.25, 0.3) is 0 Å². The average Bonchev–Trinajstić information content (AvgIpc) is 3.38. The minimum Gasteiger partial charge on any atom is -0.339 e. The Labute approximate surface area is 174 Å². The first-order chi connectivity index (χ1) is 14.6. The normalized spacial score (nSPS) is 18.6. The van der Waals surface area contributed by atoms with Gasteiger partial charge in [0, 0.05) is 43.4 Å². The maximum absolute atomic E-state index is 13.3. The Morgan fingerprint density at radius 3 is 2.87 bits per heavy atom. The smallest absolute Gasteiger partial charge is 0.232 e. The summed E-state index contributed by atoms with van der Waals surface area (Å²) in [7, 11) is 0. The summed E-state index contributed by atoms with van der Waals surface area (Å²) in [6.45, 7) is 2.82. The van der Waals surface area contributed by atoms with Crippen LogP contribution in [0.25, 0.3) is 11.4 Å². The van der Waals surface area contributed by atoms with E-state index in [0.29, 0.717) is 24.8 Å². The lowest BCUT2D eigenvalue weighted by molar-refractivity contribution is -0.124. The van der Waals surface area contributed by atoms with Gasteiger partial charge in [0.1, 0.15) is 0 Å². The van der Waals surface area contributed by atoms with Gasteiger partial charge in [-0.15, -0.1) is 0 Å². The van der Waals surface area contributed by atoms with Gasteiger partial charge < -0.3 is 14.3 Å². The number of aromatic nitrogens is 2. The number of aryl methyl sites for hydroxylation is 2. The fourth-order valence-corrected chi connectivity index (χ4v) is 4.33. The van der Waals surface area contributed by atoms with E-state index in [-0.39, 0.29) is 24.2 Å². The number of nitrogens with zero attached hydrogens (tertiary/aromatic N) is 4. The molecule has 2 amide bonds. The number of hydrogen-bond acceptors (Lipinski definition) is 5. The van der Waals surface area contributed by atoms with Crippen LogP contribution in [0, 0.1) is 12.8 Å². The molecule has 152 valence electrons. The molecule has 0 spiro atoms. The van der Waals surface area contributed by atoms with Gasteiger partial charge in [-0.2, -0.15) is 4.98 Å². The molecular weight excluding hydrogens is 380 g/mol. The van der Waals surface area contributed by atoms with Crippen LogP contribution in [0.1, 0.15) is 24.3 Å². The van der Waals surface area contributed by atoms with Crippen molar-refractivity contribution < 1.29 is 14.1 Å². The summed E-state index contributed by atoms with van der Waals surface area (Å²) in [6.07, 6.45) is 2.15. The van der Waals surface area contributed by atoms with Crippen molar-refractivity contribution in [3.8, 4) is 11.4 Å². The number of carbonyl (C=O) groups excluding carboxylic acids is 2. The molecule has 2 aliphatic heterocycles. The fraction of sp³-hybridized carbons (Fsp3) is 0.304. The summed E-state index contributed by atoms with van der Waals surface area (Å²) >= 11 is 0. The van der Waals surface area contributed by atoms with Crippen molar-refractivity contribution in [2.75, 3.05) is 22.9 Å². The van der Waals surface area contributed by atoms with Crippen LogP contribution in [0.15, 0.2) is 53.1 Å². The van der Waals surface area contributed by atoms with E-state index in [9.17, 15) is 9.59 Å². The number of benzene rings is 2. The monoisotopic (exact) mass is 402 g/mol. The van der Waals surface area contributed by atoms with Gasteiger partial charge in [-0.1, -0.05) is 35.5 Å². The second kappa shape index (κ2) is 7.40. The molecule has 1 atom stereocenters. The lowest BCUT2D eigenvalue weighted by atomic mass is 9.99. The molecule has 2 aliphatic rings. The summed E-state index contributed by atoms with van der Waals surface area (Å²) in [5.74, 6) is 0.612. The third kappa shape index (κ3) is 3.26. The van der Waals surface area contributed by atoms with Crippen molar-refractivity contribution >= 4 is 23.2 Å². The van der Waals surface area contributed by atoms with Crippen LogP contribution in [0.2, 0.25) is 0 Å². The Bertz CT molecular complexity index is 1120. The van der Waals surface area contributed by atoms with E-state index in [1.54, 1.807) is 11.8 Å². The molecule has 7 heteroatoms. The molecule has 3 aromatic rings. The van der Waals surface area contributed by atoms with Gasteiger partial charge >= 0.3 is 0 Å². The Balaban J connectivity index is 1.37. The van der Waals surface area contributed by atoms with Gasteiger partial charge in [0.05, 0.1) is 5.92 Å². The van der Waals surface area contributed by atoms with Crippen LogP contribution in [0.4, 0.5) is 11.4 Å². The lowest BCUT2D eigenvalue weighted by Crippen LogP contribution is -2.40. The van der Waals surface area contributed by atoms with E-state index in [1.807, 2.05) is 47.4 Å². The van der Waals surface area contributed by atoms with Crippen molar-refractivity contribution in [3.63, 3.8) is 0 Å². The van der Waals surface area contributed by atoms with Crippen LogP contribution in [-0.2, 0) is 16.0 Å². The lowest BCUT2D eigenvalue weighted by Gasteiger charge is -2.31. The maximum atomic E-state index is 13.3. The summed E-state index contributed by atoms with van der Waals surface area (Å²) in [5.41, 5.74) is 3.70. The minimum atomic E-state index is -0.347. The number of hydrogen-bond donors (Lipinski definition) is 0. The number of fused-ring (bicyclic) bond motifs is 1. The van der Waals surface area contributed by atoms with Crippen molar-refractivity contribution in [3.05, 3.63) is 60.0 Å². The Kier molecular flexibility index (Phi) is 4.58. The molecule has 1 fully saturated rings. The first-order valence-electron chi connectivity index (χ1n) is 10.2. The van der Waals surface area contributed by atoms with Crippen LogP contribution in [-0.4, -0.2) is 35.0 Å².